The van der Waals surface area contributed by atoms with Gasteiger partial charge < -0.3 is 10.4 Å². The van der Waals surface area contributed by atoms with E-state index in [-0.39, 0.29) is 12.5 Å². The van der Waals surface area contributed by atoms with Gasteiger partial charge in [0.15, 0.2) is 0 Å². The first kappa shape index (κ1) is 32.4. The number of hydrogen-bond donors (Lipinski definition) is 2. The Labute approximate surface area is 219 Å². The van der Waals surface area contributed by atoms with E-state index in [0.29, 0.717) is 12.0 Å². The second kappa shape index (κ2) is 23.8. The number of nitrogens with zero attached hydrogens (tertiary/aromatic N) is 1. The second-order valence-electron chi connectivity index (χ2n) is 11.3. The molecule has 35 heavy (non-hydrogen) atoms. The highest BCUT2D eigenvalue weighted by atomic mass is 16.3. The van der Waals surface area contributed by atoms with Gasteiger partial charge in [-0.3, -0.25) is 9.69 Å². The van der Waals surface area contributed by atoms with E-state index < -0.39 is 0 Å². The van der Waals surface area contributed by atoms with Crippen LogP contribution in [0.1, 0.15) is 155 Å². The van der Waals surface area contributed by atoms with E-state index in [4.69, 9.17) is 0 Å². The Morgan fingerprint density at radius 3 is 1.97 bits per heavy atom. The fraction of sp³-hybridized carbons (Fsp3) is 0.968. The SMILES string of the molecule is CCCCCCCCC(CCCCCC)CC(=O)NCCCCCN(CCO)C1CCCCCC1. The van der Waals surface area contributed by atoms with Gasteiger partial charge in [-0.1, -0.05) is 110 Å². The van der Waals surface area contributed by atoms with Gasteiger partial charge in [0.05, 0.1) is 6.61 Å². The maximum Gasteiger partial charge on any atom is 0.220 e. The van der Waals surface area contributed by atoms with Crippen molar-refractivity contribution in [1.29, 1.82) is 0 Å². The van der Waals surface area contributed by atoms with Crippen LogP contribution in [0, 0.1) is 5.92 Å². The molecule has 1 fully saturated rings. The lowest BCUT2D eigenvalue weighted by Crippen LogP contribution is -2.38. The lowest BCUT2D eigenvalue weighted by molar-refractivity contribution is -0.122. The summed E-state index contributed by atoms with van der Waals surface area (Å²) in [7, 11) is 0. The Morgan fingerprint density at radius 2 is 1.34 bits per heavy atom. The molecule has 4 nitrogen and oxygen atoms in total. The first-order valence-corrected chi connectivity index (χ1v) is 15.8. The van der Waals surface area contributed by atoms with Gasteiger partial charge in [-0.15, -0.1) is 0 Å². The minimum Gasteiger partial charge on any atom is -0.395 e. The molecule has 1 aliphatic carbocycles. The standard InChI is InChI=1S/C31H62N2O2/c1-3-5-7-9-10-15-21-29(20-14-8-6-4-2)28-31(35)32-24-18-13-19-25-33(26-27-34)30-22-16-11-12-17-23-30/h29-30,34H,3-28H2,1-2H3,(H,32,35). The zero-order valence-corrected chi connectivity index (χ0v) is 23.8. The molecule has 208 valence electrons. The highest BCUT2D eigenvalue weighted by Crippen LogP contribution is 2.23. The fourth-order valence-electron chi connectivity index (χ4n) is 5.83. The average molecular weight is 495 g/mol. The van der Waals surface area contributed by atoms with Crippen molar-refractivity contribution < 1.29 is 9.90 Å². The molecule has 1 aliphatic rings. The number of hydrogen-bond acceptors (Lipinski definition) is 3. The number of unbranched alkanes of at least 4 members (excludes halogenated alkanes) is 10. The van der Waals surface area contributed by atoms with Crippen LogP contribution >= 0.6 is 0 Å². The van der Waals surface area contributed by atoms with Crippen LogP contribution in [-0.2, 0) is 4.79 Å². The number of aliphatic hydroxyl groups is 1. The lowest BCUT2D eigenvalue weighted by atomic mass is 9.91. The van der Waals surface area contributed by atoms with Crippen molar-refractivity contribution in [3.05, 3.63) is 0 Å². The van der Waals surface area contributed by atoms with E-state index in [9.17, 15) is 9.90 Å². The van der Waals surface area contributed by atoms with Gasteiger partial charge in [-0.2, -0.15) is 0 Å². The maximum atomic E-state index is 12.6. The molecular weight excluding hydrogens is 432 g/mol. The molecule has 0 bridgehead atoms. The van der Waals surface area contributed by atoms with Gasteiger partial charge in [-0.25, -0.2) is 0 Å². The van der Waals surface area contributed by atoms with E-state index in [1.807, 2.05) is 0 Å². The summed E-state index contributed by atoms with van der Waals surface area (Å²) in [4.78, 5) is 15.2. The summed E-state index contributed by atoms with van der Waals surface area (Å²) in [5.74, 6) is 0.849. The van der Waals surface area contributed by atoms with Crippen molar-refractivity contribution in [2.24, 2.45) is 5.92 Å². The first-order valence-electron chi connectivity index (χ1n) is 15.8. The molecule has 1 rings (SSSR count). The Balaban J connectivity index is 2.22. The van der Waals surface area contributed by atoms with Crippen molar-refractivity contribution >= 4 is 5.91 Å². The van der Waals surface area contributed by atoms with Crippen LogP contribution in [0.2, 0.25) is 0 Å². The molecule has 0 spiro atoms. The maximum absolute atomic E-state index is 12.6. The van der Waals surface area contributed by atoms with E-state index in [1.54, 1.807) is 0 Å². The molecule has 0 aliphatic heterocycles. The summed E-state index contributed by atoms with van der Waals surface area (Å²) >= 11 is 0. The second-order valence-corrected chi connectivity index (χ2v) is 11.3. The van der Waals surface area contributed by atoms with Crippen LogP contribution in [-0.4, -0.2) is 48.2 Å². The van der Waals surface area contributed by atoms with Gasteiger partial charge >= 0.3 is 0 Å². The van der Waals surface area contributed by atoms with Crippen LogP contribution in [0.5, 0.6) is 0 Å². The Bertz CT molecular complexity index is 463. The number of aliphatic hydroxyl groups excluding tert-OH is 1. The van der Waals surface area contributed by atoms with E-state index in [2.05, 4.69) is 24.1 Å². The van der Waals surface area contributed by atoms with Gasteiger partial charge in [0.2, 0.25) is 5.91 Å². The highest BCUT2D eigenvalue weighted by molar-refractivity contribution is 5.76. The Hall–Kier alpha value is -0.610. The zero-order valence-electron chi connectivity index (χ0n) is 23.8. The van der Waals surface area contributed by atoms with Gasteiger partial charge in [0.1, 0.15) is 0 Å². The van der Waals surface area contributed by atoms with Gasteiger partial charge in [-0.05, 0) is 51.0 Å². The lowest BCUT2D eigenvalue weighted by Gasteiger charge is -2.30. The third-order valence-corrected chi connectivity index (χ3v) is 8.08. The summed E-state index contributed by atoms with van der Waals surface area (Å²) in [5.41, 5.74) is 0. The summed E-state index contributed by atoms with van der Waals surface area (Å²) in [6.07, 6.45) is 27.9. The molecule has 0 aromatic carbocycles. The summed E-state index contributed by atoms with van der Waals surface area (Å²) in [6, 6.07) is 0.672. The number of rotatable bonds is 23. The third-order valence-electron chi connectivity index (χ3n) is 8.08. The van der Waals surface area contributed by atoms with E-state index in [1.165, 1.54) is 122 Å². The molecule has 1 atom stereocenters. The quantitative estimate of drug-likeness (QED) is 0.112. The minimum absolute atomic E-state index is 0.269. The summed E-state index contributed by atoms with van der Waals surface area (Å²) < 4.78 is 0. The van der Waals surface area contributed by atoms with Gasteiger partial charge in [0, 0.05) is 25.6 Å². The molecule has 4 heteroatoms. The van der Waals surface area contributed by atoms with E-state index >= 15 is 0 Å². The number of carbonyl (C=O) groups is 1. The number of nitrogens with one attached hydrogen (secondary N) is 1. The molecule has 0 aromatic heterocycles. The molecule has 0 radical (unpaired) electrons. The van der Waals surface area contributed by atoms with Gasteiger partial charge in [0.25, 0.3) is 0 Å². The van der Waals surface area contributed by atoms with Crippen molar-refractivity contribution in [2.75, 3.05) is 26.2 Å². The topological polar surface area (TPSA) is 52.6 Å². The van der Waals surface area contributed by atoms with Crippen molar-refractivity contribution in [2.45, 2.75) is 161 Å². The first-order chi connectivity index (χ1) is 17.2. The predicted octanol–water partition coefficient (Wildman–Crippen LogP) is 8.02. The van der Waals surface area contributed by atoms with Crippen LogP contribution in [0.4, 0.5) is 0 Å². The molecular formula is C31H62N2O2. The normalized spacial score (nSPS) is 15.9. The molecule has 0 heterocycles. The third kappa shape index (κ3) is 18.3. The molecule has 1 amide bonds. The van der Waals surface area contributed by atoms with Crippen molar-refractivity contribution in [3.63, 3.8) is 0 Å². The Morgan fingerprint density at radius 1 is 0.771 bits per heavy atom. The Kier molecular flexibility index (Phi) is 22.0. The van der Waals surface area contributed by atoms with Crippen molar-refractivity contribution in [3.8, 4) is 0 Å². The van der Waals surface area contributed by atoms with Crippen LogP contribution in [0.3, 0.4) is 0 Å². The van der Waals surface area contributed by atoms with Crippen LogP contribution in [0.15, 0.2) is 0 Å². The van der Waals surface area contributed by atoms with Crippen LogP contribution < -0.4 is 5.32 Å². The van der Waals surface area contributed by atoms with E-state index in [0.717, 1.165) is 38.9 Å². The average Bonchev–Trinajstić information content (AvgIpc) is 3.14. The van der Waals surface area contributed by atoms with Crippen molar-refractivity contribution in [1.82, 2.24) is 10.2 Å². The monoisotopic (exact) mass is 494 g/mol. The number of carbonyl (C=O) groups excluding carboxylic acids is 1. The minimum atomic E-state index is 0.269. The summed E-state index contributed by atoms with van der Waals surface area (Å²) in [6.45, 7) is 7.54. The zero-order chi connectivity index (χ0) is 25.4. The fourth-order valence-corrected chi connectivity index (χ4v) is 5.83. The predicted molar refractivity (Wildman–Crippen MR) is 152 cm³/mol. The molecule has 0 saturated heterocycles. The highest BCUT2D eigenvalue weighted by Gasteiger charge is 2.19. The smallest absolute Gasteiger partial charge is 0.220 e. The summed E-state index contributed by atoms with van der Waals surface area (Å²) in [5, 5.41) is 12.7. The number of amides is 1. The molecule has 0 aromatic rings. The molecule has 2 N–H and O–H groups in total. The molecule has 1 unspecified atom stereocenters. The van der Waals surface area contributed by atoms with Crippen LogP contribution in [0.25, 0.3) is 0 Å². The largest absolute Gasteiger partial charge is 0.395 e. The molecule has 1 saturated carbocycles.